The van der Waals surface area contributed by atoms with Crippen molar-refractivity contribution < 1.29 is 19.4 Å². The van der Waals surface area contributed by atoms with Crippen LogP contribution in [0.2, 0.25) is 5.02 Å². The molecule has 1 heterocycles. The van der Waals surface area contributed by atoms with Gasteiger partial charge in [0.25, 0.3) is 0 Å². The molecule has 1 aromatic rings. The predicted octanol–water partition coefficient (Wildman–Crippen LogP) is 0.647. The lowest BCUT2D eigenvalue weighted by molar-refractivity contribution is -0.145. The maximum absolute atomic E-state index is 13.0. The molecule has 0 saturated carbocycles. The second-order valence-corrected chi connectivity index (χ2v) is 4.16. The Morgan fingerprint density at radius 1 is 1.41 bits per heavy atom. The second-order valence-electron chi connectivity index (χ2n) is 3.75. The monoisotopic (exact) mass is 260 g/mol. The van der Waals surface area contributed by atoms with Gasteiger partial charge in [-0.3, -0.25) is 4.79 Å². The third-order valence-corrected chi connectivity index (χ3v) is 2.96. The van der Waals surface area contributed by atoms with Gasteiger partial charge >= 0.3 is 5.97 Å². The van der Waals surface area contributed by atoms with Gasteiger partial charge in [0.05, 0.1) is 11.1 Å². The van der Waals surface area contributed by atoms with Crippen LogP contribution >= 0.6 is 11.6 Å². The number of hydrazine groups is 1. The van der Waals surface area contributed by atoms with Crippen molar-refractivity contribution in [3.05, 3.63) is 34.6 Å². The van der Waals surface area contributed by atoms with Crippen LogP contribution in [0.5, 0.6) is 0 Å². The number of halogens is 2. The van der Waals surface area contributed by atoms with Crippen LogP contribution in [0.3, 0.4) is 0 Å². The lowest BCUT2D eigenvalue weighted by atomic mass is 9.94. The van der Waals surface area contributed by atoms with Crippen molar-refractivity contribution in [1.29, 1.82) is 0 Å². The van der Waals surface area contributed by atoms with E-state index in [-0.39, 0.29) is 5.02 Å². The first-order chi connectivity index (χ1) is 8.00. The van der Waals surface area contributed by atoms with E-state index in [0.29, 0.717) is 5.56 Å². The number of hydrogen-bond donors (Lipinski definition) is 4. The van der Waals surface area contributed by atoms with E-state index in [9.17, 15) is 14.3 Å². The quantitative estimate of drug-likeness (QED) is 0.628. The Morgan fingerprint density at radius 3 is 2.71 bits per heavy atom. The van der Waals surface area contributed by atoms with Crippen molar-refractivity contribution in [3.63, 3.8) is 0 Å². The molecule has 0 aliphatic carbocycles. The molecule has 1 aliphatic rings. The van der Waals surface area contributed by atoms with E-state index >= 15 is 0 Å². The van der Waals surface area contributed by atoms with E-state index in [4.69, 9.17) is 16.7 Å². The van der Waals surface area contributed by atoms with Crippen LogP contribution in [-0.4, -0.2) is 22.4 Å². The summed E-state index contributed by atoms with van der Waals surface area (Å²) in [6.07, 6.45) is -1.21. The minimum atomic E-state index is -1.21. The summed E-state index contributed by atoms with van der Waals surface area (Å²) in [6, 6.07) is 3.25. The van der Waals surface area contributed by atoms with Gasteiger partial charge in [-0.15, -0.1) is 0 Å². The van der Waals surface area contributed by atoms with Gasteiger partial charge in [-0.25, -0.2) is 15.2 Å². The first kappa shape index (κ1) is 12.3. The Hall–Kier alpha value is -1.21. The number of carbonyl (C=O) groups is 1. The first-order valence-corrected chi connectivity index (χ1v) is 5.25. The molecule has 4 N–H and O–H groups in total. The molecule has 0 bridgehead atoms. The van der Waals surface area contributed by atoms with E-state index in [1.165, 1.54) is 12.1 Å². The minimum absolute atomic E-state index is 0.0881. The summed E-state index contributed by atoms with van der Waals surface area (Å²) in [6.45, 7) is 0. The fourth-order valence-electron chi connectivity index (χ4n) is 1.81. The van der Waals surface area contributed by atoms with Crippen molar-refractivity contribution in [2.24, 2.45) is 5.92 Å². The standard InChI is InChI=1S/C10H10ClFN2O3/c11-5-3-4(1-2-6(5)12)8-7(10(16)17)9(15)14-13-8/h1-3,7-9,13-15H,(H,16,17). The van der Waals surface area contributed by atoms with Crippen molar-refractivity contribution in [2.45, 2.75) is 12.3 Å². The van der Waals surface area contributed by atoms with Crippen LogP contribution in [0, 0.1) is 11.7 Å². The molecule has 0 aromatic heterocycles. The molecule has 0 radical (unpaired) electrons. The molecule has 0 spiro atoms. The molecule has 1 aliphatic heterocycles. The number of aliphatic carboxylic acids is 1. The van der Waals surface area contributed by atoms with Crippen LogP contribution < -0.4 is 10.9 Å². The highest BCUT2D eigenvalue weighted by Crippen LogP contribution is 2.30. The maximum atomic E-state index is 13.0. The molecule has 2 rings (SSSR count). The highest BCUT2D eigenvalue weighted by molar-refractivity contribution is 6.30. The lowest BCUT2D eigenvalue weighted by Crippen LogP contribution is -2.33. The van der Waals surface area contributed by atoms with Crippen LogP contribution in [0.25, 0.3) is 0 Å². The summed E-state index contributed by atoms with van der Waals surface area (Å²) in [5, 5.41) is 18.4. The van der Waals surface area contributed by atoms with Gasteiger partial charge in [-0.1, -0.05) is 17.7 Å². The second kappa shape index (κ2) is 4.58. The average molecular weight is 261 g/mol. The molecule has 1 fully saturated rings. The van der Waals surface area contributed by atoms with Gasteiger partial charge in [0.15, 0.2) is 0 Å². The number of carboxylic acids is 1. The number of benzene rings is 1. The highest BCUT2D eigenvalue weighted by Gasteiger charge is 2.41. The van der Waals surface area contributed by atoms with E-state index in [2.05, 4.69) is 10.9 Å². The summed E-state index contributed by atoms with van der Waals surface area (Å²) in [5.41, 5.74) is 5.55. The van der Waals surface area contributed by atoms with Crippen molar-refractivity contribution in [2.75, 3.05) is 0 Å². The topological polar surface area (TPSA) is 81.6 Å². The fraction of sp³-hybridized carbons (Fsp3) is 0.300. The Bertz CT molecular complexity index is 457. The Morgan fingerprint density at radius 2 is 2.12 bits per heavy atom. The zero-order valence-corrected chi connectivity index (χ0v) is 9.28. The number of aliphatic hydroxyl groups excluding tert-OH is 1. The molecule has 3 atom stereocenters. The summed E-state index contributed by atoms with van der Waals surface area (Å²) in [4.78, 5) is 11.0. The van der Waals surface area contributed by atoms with Gasteiger partial charge in [0.1, 0.15) is 18.0 Å². The van der Waals surface area contributed by atoms with E-state index in [1.54, 1.807) is 0 Å². The summed E-state index contributed by atoms with van der Waals surface area (Å²) in [7, 11) is 0. The minimum Gasteiger partial charge on any atom is -0.481 e. The van der Waals surface area contributed by atoms with Crippen molar-refractivity contribution in [1.82, 2.24) is 10.9 Å². The first-order valence-electron chi connectivity index (χ1n) is 4.87. The molecule has 92 valence electrons. The molecular formula is C10H10ClFN2O3. The Kier molecular flexibility index (Phi) is 3.30. The van der Waals surface area contributed by atoms with Gasteiger partial charge in [0, 0.05) is 0 Å². The normalized spacial score (nSPS) is 28.3. The summed E-state index contributed by atoms with van der Waals surface area (Å²) < 4.78 is 13.0. The van der Waals surface area contributed by atoms with Crippen molar-refractivity contribution >= 4 is 17.6 Å². The third-order valence-electron chi connectivity index (χ3n) is 2.67. The number of aliphatic hydroxyl groups is 1. The molecule has 7 heteroatoms. The van der Waals surface area contributed by atoms with E-state index in [1.807, 2.05) is 0 Å². The molecule has 1 saturated heterocycles. The largest absolute Gasteiger partial charge is 0.481 e. The van der Waals surface area contributed by atoms with E-state index in [0.717, 1.165) is 6.07 Å². The zero-order valence-electron chi connectivity index (χ0n) is 8.52. The van der Waals surface area contributed by atoms with Gasteiger partial charge in [-0.05, 0) is 17.7 Å². The van der Waals surface area contributed by atoms with Crippen LogP contribution in [0.15, 0.2) is 18.2 Å². The maximum Gasteiger partial charge on any atom is 0.312 e. The number of carboxylic acid groups (broad SMARTS) is 1. The van der Waals surface area contributed by atoms with E-state index < -0.39 is 30.0 Å². The molecular weight excluding hydrogens is 251 g/mol. The number of rotatable bonds is 2. The molecule has 1 aromatic carbocycles. The highest BCUT2D eigenvalue weighted by atomic mass is 35.5. The predicted molar refractivity (Wildman–Crippen MR) is 57.6 cm³/mol. The van der Waals surface area contributed by atoms with Gasteiger partial charge < -0.3 is 10.2 Å². The lowest BCUT2D eigenvalue weighted by Gasteiger charge is -2.16. The van der Waals surface area contributed by atoms with Gasteiger partial charge in [0.2, 0.25) is 0 Å². The average Bonchev–Trinajstić information content (AvgIpc) is 2.64. The smallest absolute Gasteiger partial charge is 0.312 e. The van der Waals surface area contributed by atoms with Crippen LogP contribution in [0.4, 0.5) is 4.39 Å². The van der Waals surface area contributed by atoms with Crippen LogP contribution in [-0.2, 0) is 4.79 Å². The molecule has 0 amide bonds. The number of hydrogen-bond acceptors (Lipinski definition) is 4. The molecule has 5 nitrogen and oxygen atoms in total. The van der Waals surface area contributed by atoms with Crippen molar-refractivity contribution in [3.8, 4) is 0 Å². The Labute approximate surface area is 101 Å². The van der Waals surface area contributed by atoms with Gasteiger partial charge in [-0.2, -0.15) is 0 Å². The summed E-state index contributed by atoms with van der Waals surface area (Å²) >= 11 is 5.62. The zero-order chi connectivity index (χ0) is 12.6. The summed E-state index contributed by atoms with van der Waals surface area (Å²) in [5.74, 6) is -2.79. The third kappa shape index (κ3) is 2.25. The molecule has 17 heavy (non-hydrogen) atoms. The number of nitrogens with one attached hydrogen (secondary N) is 2. The Balaban J connectivity index is 2.32. The SMILES string of the molecule is O=C(O)C1C(O)NNC1c1ccc(F)c(Cl)c1. The van der Waals surface area contributed by atoms with Crippen LogP contribution in [0.1, 0.15) is 11.6 Å². The molecule has 3 unspecified atom stereocenters. The fourth-order valence-corrected chi connectivity index (χ4v) is 2.00.